The standard InChI is InChI=1S/C12H18FIN2/c1-3-16(4-2)8-7-15-12-6-5-10(13)9-11(12)14/h5-6,9,15H,3-4,7-8H2,1-2H3. The second kappa shape index (κ2) is 7.06. The van der Waals surface area contributed by atoms with Crippen LogP contribution in [0.3, 0.4) is 0 Å². The first-order valence-electron chi connectivity index (χ1n) is 5.58. The summed E-state index contributed by atoms with van der Waals surface area (Å²) in [7, 11) is 0. The molecule has 1 aromatic rings. The highest BCUT2D eigenvalue weighted by Gasteiger charge is 2.02. The van der Waals surface area contributed by atoms with E-state index in [9.17, 15) is 4.39 Å². The summed E-state index contributed by atoms with van der Waals surface area (Å²) in [5.74, 6) is -0.182. The molecule has 0 aliphatic carbocycles. The normalized spacial score (nSPS) is 10.8. The Hall–Kier alpha value is -0.360. The summed E-state index contributed by atoms with van der Waals surface area (Å²) in [6.07, 6.45) is 0. The monoisotopic (exact) mass is 336 g/mol. The molecule has 16 heavy (non-hydrogen) atoms. The summed E-state index contributed by atoms with van der Waals surface area (Å²) in [5, 5.41) is 3.32. The first kappa shape index (κ1) is 13.7. The number of hydrogen-bond donors (Lipinski definition) is 1. The van der Waals surface area contributed by atoms with E-state index in [1.54, 1.807) is 12.1 Å². The zero-order chi connectivity index (χ0) is 12.0. The predicted molar refractivity (Wildman–Crippen MR) is 75.4 cm³/mol. The maximum Gasteiger partial charge on any atom is 0.124 e. The van der Waals surface area contributed by atoms with Crippen LogP contribution in [0.15, 0.2) is 18.2 Å². The van der Waals surface area contributed by atoms with Gasteiger partial charge in [-0.3, -0.25) is 0 Å². The molecule has 2 nitrogen and oxygen atoms in total. The van der Waals surface area contributed by atoms with E-state index in [0.29, 0.717) is 0 Å². The van der Waals surface area contributed by atoms with Gasteiger partial charge in [0.25, 0.3) is 0 Å². The molecule has 0 amide bonds. The highest BCUT2D eigenvalue weighted by atomic mass is 127. The van der Waals surface area contributed by atoms with E-state index in [2.05, 4.69) is 46.7 Å². The molecule has 0 spiro atoms. The smallest absolute Gasteiger partial charge is 0.124 e. The fourth-order valence-electron chi connectivity index (χ4n) is 1.52. The van der Waals surface area contributed by atoms with Crippen LogP contribution < -0.4 is 5.32 Å². The zero-order valence-electron chi connectivity index (χ0n) is 9.76. The van der Waals surface area contributed by atoms with Gasteiger partial charge in [-0.1, -0.05) is 13.8 Å². The Morgan fingerprint density at radius 2 is 2.00 bits per heavy atom. The van der Waals surface area contributed by atoms with Gasteiger partial charge in [0.1, 0.15) is 5.82 Å². The molecule has 0 saturated heterocycles. The quantitative estimate of drug-likeness (QED) is 0.803. The Morgan fingerprint density at radius 1 is 1.31 bits per heavy atom. The van der Waals surface area contributed by atoms with Crippen molar-refractivity contribution in [1.29, 1.82) is 0 Å². The van der Waals surface area contributed by atoms with Crippen molar-refractivity contribution in [2.45, 2.75) is 13.8 Å². The first-order valence-corrected chi connectivity index (χ1v) is 6.66. The third-order valence-electron chi connectivity index (χ3n) is 2.57. The van der Waals surface area contributed by atoms with Crippen molar-refractivity contribution in [3.05, 3.63) is 27.6 Å². The Bertz CT molecular complexity index is 327. The van der Waals surface area contributed by atoms with E-state index >= 15 is 0 Å². The van der Waals surface area contributed by atoms with Crippen LogP contribution in [0, 0.1) is 9.39 Å². The molecule has 0 bridgehead atoms. The number of nitrogens with zero attached hydrogens (tertiary/aromatic N) is 1. The number of benzene rings is 1. The van der Waals surface area contributed by atoms with Crippen LogP contribution in [0.5, 0.6) is 0 Å². The summed E-state index contributed by atoms with van der Waals surface area (Å²) in [4.78, 5) is 2.35. The lowest BCUT2D eigenvalue weighted by atomic mass is 10.3. The Kier molecular flexibility index (Phi) is 6.05. The van der Waals surface area contributed by atoms with Gasteiger partial charge in [-0.2, -0.15) is 0 Å². The fourth-order valence-corrected chi connectivity index (χ4v) is 2.19. The summed E-state index contributed by atoms with van der Waals surface area (Å²) < 4.78 is 13.8. The van der Waals surface area contributed by atoms with Crippen molar-refractivity contribution in [3.63, 3.8) is 0 Å². The molecular formula is C12H18FIN2. The molecular weight excluding hydrogens is 318 g/mol. The molecule has 0 aliphatic heterocycles. The molecule has 0 unspecified atom stereocenters. The lowest BCUT2D eigenvalue weighted by molar-refractivity contribution is 0.316. The van der Waals surface area contributed by atoms with Crippen LogP contribution in [-0.4, -0.2) is 31.1 Å². The average molecular weight is 336 g/mol. The van der Waals surface area contributed by atoms with Crippen LogP contribution in [0.2, 0.25) is 0 Å². The molecule has 0 saturated carbocycles. The van der Waals surface area contributed by atoms with E-state index in [1.165, 1.54) is 6.07 Å². The van der Waals surface area contributed by atoms with Gasteiger partial charge in [0.15, 0.2) is 0 Å². The molecule has 0 heterocycles. The summed E-state index contributed by atoms with van der Waals surface area (Å²) in [6.45, 7) is 8.36. The minimum Gasteiger partial charge on any atom is -0.383 e. The van der Waals surface area contributed by atoms with Crippen LogP contribution >= 0.6 is 22.6 Å². The van der Waals surface area contributed by atoms with E-state index in [0.717, 1.165) is 35.4 Å². The number of nitrogens with one attached hydrogen (secondary N) is 1. The first-order chi connectivity index (χ1) is 7.67. The van der Waals surface area contributed by atoms with Gasteiger partial charge in [0.2, 0.25) is 0 Å². The molecule has 1 N–H and O–H groups in total. The maximum absolute atomic E-state index is 12.9. The van der Waals surface area contributed by atoms with E-state index in [-0.39, 0.29) is 5.82 Å². The predicted octanol–water partition coefficient (Wildman–Crippen LogP) is 3.18. The van der Waals surface area contributed by atoms with E-state index in [4.69, 9.17) is 0 Å². The minimum atomic E-state index is -0.182. The van der Waals surface area contributed by atoms with Crippen LogP contribution in [0.25, 0.3) is 0 Å². The fraction of sp³-hybridized carbons (Fsp3) is 0.500. The molecule has 90 valence electrons. The molecule has 4 heteroatoms. The minimum absolute atomic E-state index is 0.182. The van der Waals surface area contributed by atoms with Crippen molar-refractivity contribution >= 4 is 28.3 Å². The molecule has 0 radical (unpaired) electrons. The summed E-state index contributed by atoms with van der Waals surface area (Å²) >= 11 is 2.15. The average Bonchev–Trinajstić information content (AvgIpc) is 2.27. The van der Waals surface area contributed by atoms with E-state index in [1.807, 2.05) is 0 Å². The van der Waals surface area contributed by atoms with Gasteiger partial charge in [-0.25, -0.2) is 4.39 Å². The molecule has 0 aromatic heterocycles. The van der Waals surface area contributed by atoms with Crippen LogP contribution in [0.4, 0.5) is 10.1 Å². The second-order valence-corrected chi connectivity index (χ2v) is 4.74. The van der Waals surface area contributed by atoms with Gasteiger partial charge < -0.3 is 10.2 Å². The highest BCUT2D eigenvalue weighted by molar-refractivity contribution is 14.1. The van der Waals surface area contributed by atoms with Crippen molar-refractivity contribution < 1.29 is 4.39 Å². The van der Waals surface area contributed by atoms with Crippen molar-refractivity contribution in [2.24, 2.45) is 0 Å². The molecule has 0 aliphatic rings. The molecule has 1 aromatic carbocycles. The Balaban J connectivity index is 2.42. The van der Waals surface area contributed by atoms with E-state index < -0.39 is 0 Å². The summed E-state index contributed by atoms with van der Waals surface area (Å²) in [5.41, 5.74) is 1.01. The summed E-state index contributed by atoms with van der Waals surface area (Å²) in [6, 6.07) is 4.82. The van der Waals surface area contributed by atoms with Gasteiger partial charge in [0, 0.05) is 22.3 Å². The number of rotatable bonds is 6. The largest absolute Gasteiger partial charge is 0.383 e. The zero-order valence-corrected chi connectivity index (χ0v) is 11.9. The lowest BCUT2D eigenvalue weighted by Gasteiger charge is -2.18. The van der Waals surface area contributed by atoms with Crippen molar-refractivity contribution in [2.75, 3.05) is 31.5 Å². The molecule has 1 rings (SSSR count). The number of anilines is 1. The number of halogens is 2. The topological polar surface area (TPSA) is 15.3 Å². The van der Waals surface area contributed by atoms with Gasteiger partial charge in [-0.05, 0) is 53.9 Å². The second-order valence-electron chi connectivity index (χ2n) is 3.58. The van der Waals surface area contributed by atoms with Crippen LogP contribution in [0.1, 0.15) is 13.8 Å². The Morgan fingerprint density at radius 3 is 2.56 bits per heavy atom. The van der Waals surface area contributed by atoms with Crippen LogP contribution in [-0.2, 0) is 0 Å². The number of hydrogen-bond acceptors (Lipinski definition) is 2. The number of likely N-dealkylation sites (N-methyl/N-ethyl adjacent to an activating group) is 1. The molecule has 0 fully saturated rings. The highest BCUT2D eigenvalue weighted by Crippen LogP contribution is 2.18. The maximum atomic E-state index is 12.9. The SMILES string of the molecule is CCN(CC)CCNc1ccc(F)cc1I. The lowest BCUT2D eigenvalue weighted by Crippen LogP contribution is -2.28. The Labute approximate surface area is 110 Å². The third-order valence-corrected chi connectivity index (χ3v) is 3.46. The molecule has 0 atom stereocenters. The third kappa shape index (κ3) is 4.25. The van der Waals surface area contributed by atoms with Crippen molar-refractivity contribution in [1.82, 2.24) is 4.90 Å². The van der Waals surface area contributed by atoms with Crippen molar-refractivity contribution in [3.8, 4) is 0 Å². The van der Waals surface area contributed by atoms with Gasteiger partial charge >= 0.3 is 0 Å². The van der Waals surface area contributed by atoms with Gasteiger partial charge in [-0.15, -0.1) is 0 Å². The van der Waals surface area contributed by atoms with Gasteiger partial charge in [0.05, 0.1) is 0 Å².